The maximum absolute atomic E-state index is 12.4. The molecule has 100 valence electrons. The summed E-state index contributed by atoms with van der Waals surface area (Å²) in [6, 6.07) is 3.25. The molecule has 1 heterocycles. The third-order valence-electron chi connectivity index (χ3n) is 2.37. The molecule has 0 fully saturated rings. The second kappa shape index (κ2) is 7.00. The summed E-state index contributed by atoms with van der Waals surface area (Å²) < 4.78 is 29.6. The lowest BCUT2D eigenvalue weighted by Gasteiger charge is -2.21. The lowest BCUT2D eigenvalue weighted by atomic mass is 10.2. The van der Waals surface area contributed by atoms with E-state index in [2.05, 4.69) is 4.98 Å². The topological polar surface area (TPSA) is 42.4 Å². The maximum atomic E-state index is 12.4. The summed E-state index contributed by atoms with van der Waals surface area (Å²) in [6.07, 6.45) is -1.17. The van der Waals surface area contributed by atoms with Gasteiger partial charge in [-0.3, -0.25) is 9.78 Å². The van der Waals surface area contributed by atoms with Gasteiger partial charge >= 0.3 is 0 Å². The van der Waals surface area contributed by atoms with Gasteiger partial charge in [-0.15, -0.1) is 0 Å². The molecule has 0 atom stereocenters. The fourth-order valence-electron chi connectivity index (χ4n) is 1.42. The number of hydrogen-bond donors (Lipinski definition) is 0. The minimum Gasteiger partial charge on any atom is -0.383 e. The summed E-state index contributed by atoms with van der Waals surface area (Å²) >= 11 is 0. The molecule has 4 nitrogen and oxygen atoms in total. The number of carbonyl (C=O) groups excluding carboxylic acids is 1. The van der Waals surface area contributed by atoms with Crippen LogP contribution >= 0.6 is 0 Å². The van der Waals surface area contributed by atoms with Gasteiger partial charge in [0.25, 0.3) is 12.3 Å². The number of ether oxygens (including phenoxy) is 1. The van der Waals surface area contributed by atoms with Gasteiger partial charge in [0, 0.05) is 25.5 Å². The average molecular weight is 258 g/mol. The van der Waals surface area contributed by atoms with E-state index in [1.807, 2.05) is 0 Å². The summed E-state index contributed by atoms with van der Waals surface area (Å²) in [7, 11) is 1.46. The van der Waals surface area contributed by atoms with Crippen molar-refractivity contribution >= 4 is 5.91 Å². The maximum Gasteiger partial charge on any atom is 0.255 e. The van der Waals surface area contributed by atoms with E-state index in [1.165, 1.54) is 13.3 Å². The third-order valence-corrected chi connectivity index (χ3v) is 2.37. The molecule has 0 N–H and O–H groups in total. The monoisotopic (exact) mass is 258 g/mol. The molecule has 0 aliphatic rings. The van der Waals surface area contributed by atoms with E-state index < -0.39 is 18.9 Å². The van der Waals surface area contributed by atoms with Crippen LogP contribution in [0.15, 0.2) is 18.3 Å². The Kier molecular flexibility index (Phi) is 5.64. The number of hydrogen-bond acceptors (Lipinski definition) is 3. The Bertz CT molecular complexity index is 382. The van der Waals surface area contributed by atoms with Crippen molar-refractivity contribution in [1.29, 1.82) is 0 Å². The Labute approximate surface area is 105 Å². The molecule has 1 aromatic heterocycles. The summed E-state index contributed by atoms with van der Waals surface area (Å²) in [5, 5.41) is 0. The number of pyridine rings is 1. The van der Waals surface area contributed by atoms with E-state index in [-0.39, 0.29) is 13.2 Å². The van der Waals surface area contributed by atoms with Crippen LogP contribution in [0.5, 0.6) is 0 Å². The molecule has 0 bridgehead atoms. The van der Waals surface area contributed by atoms with Gasteiger partial charge in [0.15, 0.2) is 0 Å². The quantitative estimate of drug-likeness (QED) is 0.780. The van der Waals surface area contributed by atoms with Crippen molar-refractivity contribution in [1.82, 2.24) is 9.88 Å². The molecular weight excluding hydrogens is 242 g/mol. The summed E-state index contributed by atoms with van der Waals surface area (Å²) in [5.74, 6) is -0.458. The van der Waals surface area contributed by atoms with Crippen LogP contribution in [0.4, 0.5) is 8.78 Å². The molecule has 0 aliphatic carbocycles. The second-order valence-electron chi connectivity index (χ2n) is 3.82. The van der Waals surface area contributed by atoms with Crippen LogP contribution in [0.3, 0.4) is 0 Å². The summed E-state index contributed by atoms with van der Waals surface area (Å²) in [4.78, 5) is 17.0. The highest BCUT2D eigenvalue weighted by Gasteiger charge is 2.19. The molecule has 1 aromatic rings. The highest BCUT2D eigenvalue weighted by Crippen LogP contribution is 2.07. The third kappa shape index (κ3) is 4.37. The molecule has 0 aromatic carbocycles. The number of alkyl halides is 2. The van der Waals surface area contributed by atoms with Crippen LogP contribution in [0, 0.1) is 6.92 Å². The smallest absolute Gasteiger partial charge is 0.255 e. The second-order valence-corrected chi connectivity index (χ2v) is 3.82. The summed E-state index contributed by atoms with van der Waals surface area (Å²) in [5.41, 5.74) is 1.07. The zero-order chi connectivity index (χ0) is 13.5. The van der Waals surface area contributed by atoms with Crippen LogP contribution in [-0.2, 0) is 4.74 Å². The van der Waals surface area contributed by atoms with Crippen molar-refractivity contribution in [2.75, 3.05) is 26.8 Å². The number of aryl methyl sites for hydroxylation is 1. The van der Waals surface area contributed by atoms with Crippen LogP contribution < -0.4 is 0 Å². The predicted molar refractivity (Wildman–Crippen MR) is 62.8 cm³/mol. The Morgan fingerprint density at radius 3 is 2.72 bits per heavy atom. The van der Waals surface area contributed by atoms with Crippen molar-refractivity contribution in [2.24, 2.45) is 0 Å². The number of carbonyl (C=O) groups is 1. The van der Waals surface area contributed by atoms with Gasteiger partial charge in [-0.05, 0) is 19.1 Å². The first-order valence-electron chi connectivity index (χ1n) is 5.53. The zero-order valence-corrected chi connectivity index (χ0v) is 10.4. The van der Waals surface area contributed by atoms with Gasteiger partial charge in [0.1, 0.15) is 0 Å². The van der Waals surface area contributed by atoms with Gasteiger partial charge in [-0.2, -0.15) is 0 Å². The molecular formula is C12H16F2N2O2. The van der Waals surface area contributed by atoms with E-state index in [9.17, 15) is 13.6 Å². The zero-order valence-electron chi connectivity index (χ0n) is 10.4. The van der Waals surface area contributed by atoms with Crippen molar-refractivity contribution in [3.63, 3.8) is 0 Å². The van der Waals surface area contributed by atoms with Gasteiger partial charge in [0.2, 0.25) is 0 Å². The molecule has 0 radical (unpaired) electrons. The average Bonchev–Trinajstić information content (AvgIpc) is 2.34. The number of halogens is 2. The fourth-order valence-corrected chi connectivity index (χ4v) is 1.42. The minimum absolute atomic E-state index is 0.132. The van der Waals surface area contributed by atoms with Crippen LogP contribution in [0.2, 0.25) is 0 Å². The molecule has 0 aliphatic heterocycles. The first-order chi connectivity index (χ1) is 8.54. The number of aromatic nitrogens is 1. The van der Waals surface area contributed by atoms with E-state index in [1.54, 1.807) is 19.1 Å². The standard InChI is InChI=1S/C12H16F2N2O2/c1-9-3-4-10(7-15-9)12(17)16(5-6-18-2)8-11(13)14/h3-4,7,11H,5-6,8H2,1-2H3. The first kappa shape index (κ1) is 14.5. The Hall–Kier alpha value is -1.56. The highest BCUT2D eigenvalue weighted by atomic mass is 19.3. The van der Waals surface area contributed by atoms with Crippen molar-refractivity contribution in [2.45, 2.75) is 13.3 Å². The van der Waals surface area contributed by atoms with Crippen LogP contribution in [-0.4, -0.2) is 49.0 Å². The molecule has 1 rings (SSSR count). The first-order valence-corrected chi connectivity index (χ1v) is 5.53. The SMILES string of the molecule is COCCN(CC(F)F)C(=O)c1ccc(C)nc1. The molecule has 0 saturated heterocycles. The van der Waals surface area contributed by atoms with Crippen molar-refractivity contribution < 1.29 is 18.3 Å². The normalized spacial score (nSPS) is 10.7. The lowest BCUT2D eigenvalue weighted by molar-refractivity contribution is 0.0477. The van der Waals surface area contributed by atoms with E-state index >= 15 is 0 Å². The number of nitrogens with zero attached hydrogens (tertiary/aromatic N) is 2. The summed E-state index contributed by atoms with van der Waals surface area (Å²) in [6.45, 7) is 1.54. The van der Waals surface area contributed by atoms with E-state index in [4.69, 9.17) is 4.74 Å². The molecule has 0 spiro atoms. The highest BCUT2D eigenvalue weighted by molar-refractivity contribution is 5.93. The van der Waals surface area contributed by atoms with Crippen molar-refractivity contribution in [3.05, 3.63) is 29.6 Å². The minimum atomic E-state index is -2.57. The van der Waals surface area contributed by atoms with E-state index in [0.717, 1.165) is 10.6 Å². The van der Waals surface area contributed by atoms with E-state index in [0.29, 0.717) is 5.56 Å². The van der Waals surface area contributed by atoms with Crippen LogP contribution in [0.25, 0.3) is 0 Å². The molecule has 18 heavy (non-hydrogen) atoms. The van der Waals surface area contributed by atoms with Gasteiger partial charge in [0.05, 0.1) is 18.7 Å². The fraction of sp³-hybridized carbons (Fsp3) is 0.500. The van der Waals surface area contributed by atoms with Gasteiger partial charge in [-0.25, -0.2) is 8.78 Å². The molecule has 0 saturated carbocycles. The number of methoxy groups -OCH3 is 1. The molecule has 1 amide bonds. The largest absolute Gasteiger partial charge is 0.383 e. The number of rotatable bonds is 6. The Morgan fingerprint density at radius 2 is 2.22 bits per heavy atom. The number of amides is 1. The van der Waals surface area contributed by atoms with Crippen LogP contribution in [0.1, 0.15) is 16.1 Å². The van der Waals surface area contributed by atoms with Crippen molar-refractivity contribution in [3.8, 4) is 0 Å². The lowest BCUT2D eigenvalue weighted by Crippen LogP contribution is -2.37. The van der Waals surface area contributed by atoms with Gasteiger partial charge < -0.3 is 9.64 Å². The Morgan fingerprint density at radius 1 is 1.50 bits per heavy atom. The predicted octanol–water partition coefficient (Wildman–Crippen LogP) is 1.74. The molecule has 0 unspecified atom stereocenters. The molecule has 6 heteroatoms. The Balaban J connectivity index is 2.77. The van der Waals surface area contributed by atoms with Gasteiger partial charge in [-0.1, -0.05) is 0 Å².